The molecule has 0 bridgehead atoms. The van der Waals surface area contributed by atoms with Gasteiger partial charge in [0.05, 0.1) is 18.2 Å². The summed E-state index contributed by atoms with van der Waals surface area (Å²) < 4.78 is 34.0. The first kappa shape index (κ1) is 18.5. The first-order chi connectivity index (χ1) is 11.9. The van der Waals surface area contributed by atoms with Crippen LogP contribution in [0, 0.1) is 0 Å². The summed E-state index contributed by atoms with van der Waals surface area (Å²) in [6.45, 7) is -3.08. The van der Waals surface area contributed by atoms with Crippen LogP contribution in [0.4, 0.5) is 8.78 Å². The van der Waals surface area contributed by atoms with E-state index in [1.807, 2.05) is 0 Å². The molecule has 0 saturated heterocycles. The summed E-state index contributed by atoms with van der Waals surface area (Å²) in [5.74, 6) is -1.59. The number of methoxy groups -OCH3 is 1. The largest absolute Gasteiger partial charge is 0.496 e. The van der Waals surface area contributed by atoms with E-state index in [2.05, 4.69) is 15.6 Å². The average molecular weight is 371 g/mol. The highest BCUT2D eigenvalue weighted by Crippen LogP contribution is 2.22. The van der Waals surface area contributed by atoms with Crippen molar-refractivity contribution < 1.29 is 27.8 Å². The highest BCUT2D eigenvalue weighted by atomic mass is 35.5. The summed E-state index contributed by atoms with van der Waals surface area (Å²) in [5.41, 5.74) is 4.20. The summed E-state index contributed by atoms with van der Waals surface area (Å²) in [4.78, 5) is 24.3. The number of carbonyl (C=O) groups is 2. The van der Waals surface area contributed by atoms with Crippen LogP contribution < -0.4 is 20.3 Å². The number of benzene rings is 2. The van der Waals surface area contributed by atoms with Crippen LogP contribution in [0.2, 0.25) is 5.02 Å². The van der Waals surface area contributed by atoms with Gasteiger partial charge in [-0.2, -0.15) is 8.78 Å². The number of nitrogens with one attached hydrogen (secondary N) is 2. The lowest BCUT2D eigenvalue weighted by Gasteiger charge is -2.12. The molecule has 0 saturated carbocycles. The summed E-state index contributed by atoms with van der Waals surface area (Å²) in [6.07, 6.45) is 0. The molecule has 132 valence electrons. The fraction of sp³-hybridized carbons (Fsp3) is 0.125. The van der Waals surface area contributed by atoms with E-state index in [1.165, 1.54) is 49.6 Å². The lowest BCUT2D eigenvalue weighted by molar-refractivity contribution is -0.0501. The number of rotatable bonds is 5. The number of alkyl halides is 2. The minimum atomic E-state index is -3.08. The van der Waals surface area contributed by atoms with Crippen molar-refractivity contribution in [1.29, 1.82) is 0 Å². The Morgan fingerprint density at radius 2 is 1.64 bits per heavy atom. The van der Waals surface area contributed by atoms with E-state index in [0.29, 0.717) is 5.02 Å². The molecule has 0 aliphatic rings. The fourth-order valence-electron chi connectivity index (χ4n) is 1.96. The maximum absolute atomic E-state index is 12.4. The van der Waals surface area contributed by atoms with E-state index in [9.17, 15) is 18.4 Å². The van der Waals surface area contributed by atoms with Gasteiger partial charge in [0.1, 0.15) is 11.5 Å². The molecule has 2 rings (SSSR count). The van der Waals surface area contributed by atoms with Crippen LogP contribution in [0.25, 0.3) is 0 Å². The van der Waals surface area contributed by atoms with Gasteiger partial charge in [0.25, 0.3) is 11.8 Å². The second-order valence-electron chi connectivity index (χ2n) is 4.63. The number of amides is 2. The average Bonchev–Trinajstić information content (AvgIpc) is 2.59. The zero-order chi connectivity index (χ0) is 18.4. The van der Waals surface area contributed by atoms with Crippen LogP contribution >= 0.6 is 11.6 Å². The Morgan fingerprint density at radius 3 is 2.28 bits per heavy atom. The van der Waals surface area contributed by atoms with E-state index in [-0.39, 0.29) is 22.6 Å². The number of carbonyl (C=O) groups excluding carboxylic acids is 2. The van der Waals surface area contributed by atoms with Gasteiger partial charge in [-0.3, -0.25) is 20.4 Å². The molecule has 2 aromatic rings. The lowest BCUT2D eigenvalue weighted by Crippen LogP contribution is -2.41. The topological polar surface area (TPSA) is 76.7 Å². The molecule has 9 heteroatoms. The molecule has 0 aromatic heterocycles. The number of ether oxygens (including phenoxy) is 2. The van der Waals surface area contributed by atoms with Crippen molar-refractivity contribution in [2.24, 2.45) is 0 Å². The molecule has 0 spiro atoms. The fourth-order valence-corrected chi connectivity index (χ4v) is 2.13. The van der Waals surface area contributed by atoms with Crippen LogP contribution in [0.1, 0.15) is 20.7 Å². The van der Waals surface area contributed by atoms with Crippen LogP contribution in [0.3, 0.4) is 0 Å². The maximum Gasteiger partial charge on any atom is 0.387 e. The van der Waals surface area contributed by atoms with Crippen molar-refractivity contribution in [2.45, 2.75) is 6.61 Å². The SMILES string of the molecule is COc1ccc(Cl)cc1C(=O)NNC(=O)c1ccccc1OC(F)F. The molecule has 0 fully saturated rings. The first-order valence-electron chi connectivity index (χ1n) is 6.90. The molecule has 25 heavy (non-hydrogen) atoms. The number of hydrazine groups is 1. The number of halogens is 3. The van der Waals surface area contributed by atoms with Gasteiger partial charge in [0.2, 0.25) is 0 Å². The molecule has 2 aromatic carbocycles. The molecule has 0 atom stereocenters. The van der Waals surface area contributed by atoms with E-state index in [4.69, 9.17) is 16.3 Å². The van der Waals surface area contributed by atoms with Crippen LogP contribution in [0.15, 0.2) is 42.5 Å². The zero-order valence-electron chi connectivity index (χ0n) is 12.9. The highest BCUT2D eigenvalue weighted by Gasteiger charge is 2.17. The minimum Gasteiger partial charge on any atom is -0.496 e. The number of para-hydroxylation sites is 1. The van der Waals surface area contributed by atoms with E-state index in [0.717, 1.165) is 0 Å². The Morgan fingerprint density at radius 1 is 1.00 bits per heavy atom. The van der Waals surface area contributed by atoms with Gasteiger partial charge in [-0.05, 0) is 30.3 Å². The van der Waals surface area contributed by atoms with Gasteiger partial charge in [-0.25, -0.2) is 0 Å². The van der Waals surface area contributed by atoms with Gasteiger partial charge in [0, 0.05) is 5.02 Å². The molecular weight excluding hydrogens is 358 g/mol. The molecule has 2 amide bonds. The third-order valence-electron chi connectivity index (χ3n) is 3.04. The maximum atomic E-state index is 12.4. The molecule has 0 heterocycles. The summed E-state index contributed by atoms with van der Waals surface area (Å²) in [5, 5.41) is 0.299. The molecule has 6 nitrogen and oxygen atoms in total. The van der Waals surface area contributed by atoms with E-state index < -0.39 is 18.4 Å². The number of hydrogen-bond donors (Lipinski definition) is 2. The quantitative estimate of drug-likeness (QED) is 0.793. The van der Waals surface area contributed by atoms with E-state index in [1.54, 1.807) is 0 Å². The second-order valence-corrected chi connectivity index (χ2v) is 5.06. The normalized spacial score (nSPS) is 10.3. The minimum absolute atomic E-state index is 0.0902. The standard InChI is InChI=1S/C16H13ClF2N2O4/c1-24-12-7-6-9(17)8-11(12)15(23)21-20-14(22)10-4-2-3-5-13(10)25-16(18)19/h2-8,16H,1H3,(H,20,22)(H,21,23). The summed E-state index contributed by atoms with van der Waals surface area (Å²) in [7, 11) is 1.37. The third-order valence-corrected chi connectivity index (χ3v) is 3.28. The Hall–Kier alpha value is -2.87. The second kappa shape index (κ2) is 8.29. The third kappa shape index (κ3) is 4.80. The predicted molar refractivity (Wildman–Crippen MR) is 86.0 cm³/mol. The zero-order valence-corrected chi connectivity index (χ0v) is 13.6. The van der Waals surface area contributed by atoms with Crippen LogP contribution in [0.5, 0.6) is 11.5 Å². The van der Waals surface area contributed by atoms with Crippen molar-refractivity contribution in [3.63, 3.8) is 0 Å². The van der Waals surface area contributed by atoms with Gasteiger partial charge >= 0.3 is 6.61 Å². The Bertz CT molecular complexity index is 786. The van der Waals surface area contributed by atoms with E-state index >= 15 is 0 Å². The van der Waals surface area contributed by atoms with Crippen molar-refractivity contribution in [1.82, 2.24) is 10.9 Å². The van der Waals surface area contributed by atoms with Crippen molar-refractivity contribution >= 4 is 23.4 Å². The highest BCUT2D eigenvalue weighted by molar-refractivity contribution is 6.31. The Kier molecular flexibility index (Phi) is 6.13. The molecule has 0 aliphatic heterocycles. The molecule has 0 aliphatic carbocycles. The monoisotopic (exact) mass is 370 g/mol. The lowest BCUT2D eigenvalue weighted by atomic mass is 10.2. The first-order valence-corrected chi connectivity index (χ1v) is 7.28. The summed E-state index contributed by atoms with van der Waals surface area (Å²) in [6, 6.07) is 9.77. The van der Waals surface area contributed by atoms with Gasteiger partial charge in [-0.15, -0.1) is 0 Å². The van der Waals surface area contributed by atoms with Gasteiger partial charge in [-0.1, -0.05) is 23.7 Å². The Labute approximate surface area is 146 Å². The van der Waals surface area contributed by atoms with Crippen molar-refractivity contribution in [3.05, 3.63) is 58.6 Å². The van der Waals surface area contributed by atoms with Crippen molar-refractivity contribution in [3.8, 4) is 11.5 Å². The predicted octanol–water partition coefficient (Wildman–Crippen LogP) is 3.02. The smallest absolute Gasteiger partial charge is 0.387 e. The van der Waals surface area contributed by atoms with Crippen LogP contribution in [-0.2, 0) is 0 Å². The number of hydrogen-bond acceptors (Lipinski definition) is 4. The Balaban J connectivity index is 2.10. The molecule has 0 radical (unpaired) electrons. The summed E-state index contributed by atoms with van der Waals surface area (Å²) >= 11 is 5.84. The van der Waals surface area contributed by atoms with Gasteiger partial charge in [0.15, 0.2) is 0 Å². The molecule has 2 N–H and O–H groups in total. The molecule has 0 unspecified atom stereocenters. The van der Waals surface area contributed by atoms with Crippen molar-refractivity contribution in [2.75, 3.05) is 7.11 Å². The van der Waals surface area contributed by atoms with Crippen LogP contribution in [-0.4, -0.2) is 25.5 Å². The molecular formula is C16H13ClF2N2O4. The van der Waals surface area contributed by atoms with Gasteiger partial charge < -0.3 is 9.47 Å².